The van der Waals surface area contributed by atoms with Gasteiger partial charge in [-0.1, -0.05) is 0 Å². The van der Waals surface area contributed by atoms with E-state index in [9.17, 15) is 18.1 Å². The summed E-state index contributed by atoms with van der Waals surface area (Å²) in [6.45, 7) is -0.885. The summed E-state index contributed by atoms with van der Waals surface area (Å²) in [6, 6.07) is 0. The van der Waals surface area contributed by atoms with E-state index in [0.717, 1.165) is 23.0 Å². The molecular formula is C10H11F2N3O3S2. The smallest absolute Gasteiger partial charge is 0.327 e. The second-order valence-electron chi connectivity index (χ2n) is 4.02. The standard InChI is InChI=1S/C10H11F2N3O3S2/c1-15-7(16)5-6(19-9(13-5)20(3)17)14-8(15)10(11,12)4-18-2/h4H2,1-3H3. The van der Waals surface area contributed by atoms with Gasteiger partial charge in [0, 0.05) is 25.3 Å². The molecule has 110 valence electrons. The Labute approximate surface area is 119 Å². The zero-order valence-electron chi connectivity index (χ0n) is 10.8. The molecule has 2 heterocycles. The van der Waals surface area contributed by atoms with E-state index in [0.29, 0.717) is 0 Å². The molecule has 0 aromatic carbocycles. The Kier molecular flexibility index (Phi) is 4.09. The van der Waals surface area contributed by atoms with Crippen molar-refractivity contribution in [2.45, 2.75) is 10.3 Å². The lowest BCUT2D eigenvalue weighted by molar-refractivity contribution is -0.0790. The van der Waals surface area contributed by atoms with Crippen LogP contribution in [0.1, 0.15) is 5.82 Å². The van der Waals surface area contributed by atoms with E-state index >= 15 is 0 Å². The highest BCUT2D eigenvalue weighted by atomic mass is 32.2. The lowest BCUT2D eigenvalue weighted by Crippen LogP contribution is -2.32. The molecule has 0 aliphatic rings. The first-order valence-electron chi connectivity index (χ1n) is 5.36. The third-order valence-electron chi connectivity index (χ3n) is 2.52. The van der Waals surface area contributed by atoms with Crippen molar-refractivity contribution in [3.63, 3.8) is 0 Å². The van der Waals surface area contributed by atoms with Crippen LogP contribution in [0.5, 0.6) is 0 Å². The van der Waals surface area contributed by atoms with Gasteiger partial charge in [0.1, 0.15) is 12.9 Å². The summed E-state index contributed by atoms with van der Waals surface area (Å²) in [7, 11) is 2.32. The fourth-order valence-corrected chi connectivity index (χ4v) is 3.22. The van der Waals surface area contributed by atoms with Gasteiger partial charge in [0.25, 0.3) is 5.56 Å². The van der Waals surface area contributed by atoms with Crippen LogP contribution in [-0.4, -0.2) is 39.1 Å². The summed E-state index contributed by atoms with van der Waals surface area (Å²) in [5, 5.41) is 0. The minimum atomic E-state index is -3.40. The highest BCUT2D eigenvalue weighted by Crippen LogP contribution is 2.28. The average Bonchev–Trinajstić information content (AvgIpc) is 2.78. The van der Waals surface area contributed by atoms with Crippen LogP contribution in [0.25, 0.3) is 10.3 Å². The van der Waals surface area contributed by atoms with E-state index in [1.807, 2.05) is 0 Å². The number of rotatable bonds is 4. The maximum atomic E-state index is 13.9. The first-order chi connectivity index (χ1) is 9.27. The van der Waals surface area contributed by atoms with Gasteiger partial charge in [-0.25, -0.2) is 4.98 Å². The molecule has 0 aliphatic heterocycles. The Hall–Kier alpha value is -1.10. The Balaban J connectivity index is 2.70. The maximum absolute atomic E-state index is 13.9. The van der Waals surface area contributed by atoms with Gasteiger partial charge in [-0.05, 0) is 11.3 Å². The molecule has 0 aliphatic carbocycles. The molecule has 2 aromatic rings. The van der Waals surface area contributed by atoms with Crippen molar-refractivity contribution < 1.29 is 18.1 Å². The fraction of sp³-hybridized carbons (Fsp3) is 0.500. The number of ether oxygens (including phenoxy) is 1. The quantitative estimate of drug-likeness (QED) is 0.780. The Bertz CT molecular complexity index is 699. The number of hydrogen-bond donors (Lipinski definition) is 0. The number of thiazole rings is 1. The lowest BCUT2D eigenvalue weighted by atomic mass is 10.3. The molecule has 10 heteroatoms. The van der Waals surface area contributed by atoms with Gasteiger partial charge in [-0.15, -0.1) is 0 Å². The number of aromatic nitrogens is 3. The number of fused-ring (bicyclic) bond motifs is 1. The minimum absolute atomic E-state index is 0.0454. The highest BCUT2D eigenvalue weighted by molar-refractivity contribution is 7.92. The Morgan fingerprint density at radius 3 is 2.70 bits per heavy atom. The van der Waals surface area contributed by atoms with Crippen molar-refractivity contribution in [1.29, 1.82) is 0 Å². The molecule has 1 unspecified atom stereocenters. The van der Waals surface area contributed by atoms with Crippen LogP contribution in [0.2, 0.25) is 0 Å². The SMILES string of the molecule is COCC(F)(F)c1nc2sc([S+](C)[O-])nc2c(=O)n1C. The van der Waals surface area contributed by atoms with Gasteiger partial charge >= 0.3 is 10.3 Å². The van der Waals surface area contributed by atoms with Crippen LogP contribution in [0.4, 0.5) is 8.78 Å². The van der Waals surface area contributed by atoms with E-state index < -0.39 is 35.1 Å². The molecule has 0 radical (unpaired) electrons. The average molecular weight is 323 g/mol. The molecule has 1 atom stereocenters. The largest absolute Gasteiger partial charge is 0.610 e. The molecule has 0 N–H and O–H groups in total. The fourth-order valence-electron chi connectivity index (χ4n) is 1.63. The van der Waals surface area contributed by atoms with Crippen molar-refractivity contribution in [3.8, 4) is 0 Å². The predicted octanol–water partition coefficient (Wildman–Crippen LogP) is 0.866. The first kappa shape index (κ1) is 15.3. The summed E-state index contributed by atoms with van der Waals surface area (Å²) in [6.07, 6.45) is 1.39. The van der Waals surface area contributed by atoms with Crippen LogP contribution in [-0.2, 0) is 28.9 Å². The monoisotopic (exact) mass is 323 g/mol. The zero-order valence-corrected chi connectivity index (χ0v) is 12.5. The topological polar surface area (TPSA) is 80.1 Å². The molecule has 2 aromatic heterocycles. The Morgan fingerprint density at radius 1 is 1.50 bits per heavy atom. The van der Waals surface area contributed by atoms with E-state index in [4.69, 9.17) is 0 Å². The summed E-state index contributed by atoms with van der Waals surface area (Å²) in [5.74, 6) is -4.10. The van der Waals surface area contributed by atoms with Gasteiger partial charge in [0.15, 0.2) is 16.2 Å². The molecule has 0 fully saturated rings. The summed E-state index contributed by atoms with van der Waals surface area (Å²) < 4.78 is 44.4. The van der Waals surface area contributed by atoms with Gasteiger partial charge in [0.2, 0.25) is 0 Å². The predicted molar refractivity (Wildman–Crippen MR) is 70.8 cm³/mol. The van der Waals surface area contributed by atoms with Crippen LogP contribution in [0.3, 0.4) is 0 Å². The van der Waals surface area contributed by atoms with E-state index in [-0.39, 0.29) is 14.7 Å². The van der Waals surface area contributed by atoms with Crippen molar-refractivity contribution >= 4 is 32.9 Å². The molecule has 0 spiro atoms. The van der Waals surface area contributed by atoms with Crippen LogP contribution >= 0.6 is 11.3 Å². The Morgan fingerprint density at radius 2 is 2.15 bits per heavy atom. The summed E-state index contributed by atoms with van der Waals surface area (Å²) in [4.78, 5) is 19.7. The van der Waals surface area contributed by atoms with Crippen molar-refractivity contribution in [1.82, 2.24) is 14.5 Å². The maximum Gasteiger partial charge on any atom is 0.327 e. The number of nitrogens with zero attached hydrogens (tertiary/aromatic N) is 3. The number of halogens is 2. The third-order valence-corrected chi connectivity index (χ3v) is 4.80. The van der Waals surface area contributed by atoms with Crippen molar-refractivity contribution in [2.75, 3.05) is 20.0 Å². The lowest BCUT2D eigenvalue weighted by Gasteiger charge is -2.16. The van der Waals surface area contributed by atoms with Crippen LogP contribution in [0.15, 0.2) is 9.13 Å². The molecule has 2 rings (SSSR count). The van der Waals surface area contributed by atoms with Gasteiger partial charge in [-0.3, -0.25) is 9.36 Å². The number of methoxy groups -OCH3 is 1. The van der Waals surface area contributed by atoms with Crippen LogP contribution in [0, 0.1) is 0 Å². The van der Waals surface area contributed by atoms with Gasteiger partial charge in [-0.2, -0.15) is 13.8 Å². The van der Waals surface area contributed by atoms with E-state index in [2.05, 4.69) is 14.7 Å². The molecule has 6 nitrogen and oxygen atoms in total. The van der Waals surface area contributed by atoms with E-state index in [1.165, 1.54) is 13.3 Å². The third kappa shape index (κ3) is 2.55. The molecule has 0 amide bonds. The minimum Gasteiger partial charge on any atom is -0.610 e. The summed E-state index contributed by atoms with van der Waals surface area (Å²) in [5.41, 5.74) is -0.756. The van der Waals surface area contributed by atoms with Crippen molar-refractivity contribution in [2.24, 2.45) is 7.05 Å². The first-order valence-corrected chi connectivity index (χ1v) is 7.73. The summed E-state index contributed by atoms with van der Waals surface area (Å²) >= 11 is -0.534. The van der Waals surface area contributed by atoms with Crippen molar-refractivity contribution in [3.05, 3.63) is 16.2 Å². The van der Waals surface area contributed by atoms with Gasteiger partial charge in [0.05, 0.1) is 0 Å². The molecule has 20 heavy (non-hydrogen) atoms. The second kappa shape index (κ2) is 5.35. The number of alkyl halides is 2. The second-order valence-corrected chi connectivity index (χ2v) is 6.56. The zero-order chi connectivity index (χ0) is 15.1. The molecule has 0 bridgehead atoms. The van der Waals surface area contributed by atoms with E-state index in [1.54, 1.807) is 0 Å². The molecule has 0 saturated heterocycles. The normalized spacial score (nSPS) is 13.9. The highest BCUT2D eigenvalue weighted by Gasteiger charge is 2.37. The molecular weight excluding hydrogens is 312 g/mol. The van der Waals surface area contributed by atoms with Gasteiger partial charge < -0.3 is 9.29 Å². The molecule has 0 saturated carbocycles. The number of hydrogen-bond acceptors (Lipinski definition) is 6. The van der Waals surface area contributed by atoms with Crippen LogP contribution < -0.4 is 5.56 Å².